The highest BCUT2D eigenvalue weighted by atomic mass is 79.9. The zero-order valence-electron chi connectivity index (χ0n) is 10.5. The van der Waals surface area contributed by atoms with Crippen LogP contribution in [-0.2, 0) is 19.1 Å². The van der Waals surface area contributed by atoms with E-state index in [9.17, 15) is 9.59 Å². The Labute approximate surface area is 111 Å². The summed E-state index contributed by atoms with van der Waals surface area (Å²) in [5.41, 5.74) is 0. The van der Waals surface area contributed by atoms with E-state index in [0.717, 1.165) is 19.3 Å². The molecule has 5 heteroatoms. The number of halogens is 1. The Morgan fingerprint density at radius 1 is 1.18 bits per heavy atom. The second kappa shape index (κ2) is 10.6. The van der Waals surface area contributed by atoms with Gasteiger partial charge in [0.05, 0.1) is 13.0 Å². The maximum atomic E-state index is 11.4. The summed E-state index contributed by atoms with van der Waals surface area (Å²) in [5.74, 6) is -0.570. The van der Waals surface area contributed by atoms with Crippen LogP contribution < -0.4 is 0 Å². The summed E-state index contributed by atoms with van der Waals surface area (Å²) in [6.45, 7) is 4.36. The van der Waals surface area contributed by atoms with Gasteiger partial charge in [0, 0.05) is 11.8 Å². The number of alkyl halides is 1. The van der Waals surface area contributed by atoms with Crippen LogP contribution in [0.2, 0.25) is 0 Å². The molecule has 100 valence electrons. The summed E-state index contributed by atoms with van der Waals surface area (Å²) in [5, 5.41) is 0.450. The minimum atomic E-state index is -0.427. The molecule has 0 aliphatic carbocycles. The Bertz CT molecular complexity index is 209. The Hall–Kier alpha value is -0.580. The zero-order valence-corrected chi connectivity index (χ0v) is 12.1. The molecule has 0 heterocycles. The molecule has 17 heavy (non-hydrogen) atoms. The van der Waals surface area contributed by atoms with Crippen molar-refractivity contribution in [3.63, 3.8) is 0 Å². The van der Waals surface area contributed by atoms with E-state index >= 15 is 0 Å². The summed E-state index contributed by atoms with van der Waals surface area (Å²) in [4.78, 5) is 22.7. The second-order valence-electron chi connectivity index (χ2n) is 3.79. The molecule has 0 spiro atoms. The first-order valence-corrected chi connectivity index (χ1v) is 7.17. The van der Waals surface area contributed by atoms with Gasteiger partial charge in [0.15, 0.2) is 0 Å². The van der Waals surface area contributed by atoms with Crippen LogP contribution in [0, 0.1) is 0 Å². The lowest BCUT2D eigenvalue weighted by Gasteiger charge is -2.14. The van der Waals surface area contributed by atoms with Crippen LogP contribution in [-0.4, -0.2) is 30.0 Å². The fourth-order valence-corrected chi connectivity index (χ4v) is 1.52. The monoisotopic (exact) mass is 308 g/mol. The third-order valence-corrected chi connectivity index (χ3v) is 2.79. The van der Waals surface area contributed by atoms with Crippen molar-refractivity contribution in [3.05, 3.63) is 0 Å². The fourth-order valence-electron chi connectivity index (χ4n) is 1.15. The van der Waals surface area contributed by atoms with Crippen molar-refractivity contribution in [2.45, 2.75) is 52.1 Å². The minimum absolute atomic E-state index is 0.114. The van der Waals surface area contributed by atoms with E-state index < -0.39 is 6.10 Å². The number of hydrogen-bond donors (Lipinski definition) is 0. The molecule has 0 bridgehead atoms. The van der Waals surface area contributed by atoms with Crippen LogP contribution in [0.1, 0.15) is 46.0 Å². The Morgan fingerprint density at radius 2 is 1.88 bits per heavy atom. The molecule has 0 saturated heterocycles. The predicted molar refractivity (Wildman–Crippen MR) is 69.1 cm³/mol. The molecule has 1 atom stereocenters. The number of esters is 2. The Kier molecular flexibility index (Phi) is 10.2. The van der Waals surface area contributed by atoms with Crippen LogP contribution in [0.5, 0.6) is 0 Å². The number of unbranched alkanes of at least 4 members (excludes halogenated alkanes) is 1. The number of hydrogen-bond acceptors (Lipinski definition) is 4. The van der Waals surface area contributed by atoms with Gasteiger partial charge < -0.3 is 9.47 Å². The van der Waals surface area contributed by atoms with Crippen LogP contribution in [0.25, 0.3) is 0 Å². The van der Waals surface area contributed by atoms with E-state index in [2.05, 4.69) is 15.9 Å². The smallest absolute Gasteiger partial charge is 0.309 e. The van der Waals surface area contributed by atoms with Gasteiger partial charge in [0.2, 0.25) is 0 Å². The van der Waals surface area contributed by atoms with Crippen molar-refractivity contribution in [2.75, 3.05) is 11.9 Å². The van der Waals surface area contributed by atoms with E-state index in [-0.39, 0.29) is 18.4 Å². The van der Waals surface area contributed by atoms with Crippen LogP contribution >= 0.6 is 15.9 Å². The third kappa shape index (κ3) is 9.15. The average molecular weight is 309 g/mol. The molecule has 4 nitrogen and oxygen atoms in total. The summed E-state index contributed by atoms with van der Waals surface area (Å²) in [6, 6.07) is 0. The van der Waals surface area contributed by atoms with Gasteiger partial charge in [0.25, 0.3) is 0 Å². The highest BCUT2D eigenvalue weighted by Gasteiger charge is 2.17. The van der Waals surface area contributed by atoms with Crippen LogP contribution in [0.15, 0.2) is 0 Å². The van der Waals surface area contributed by atoms with E-state index in [1.807, 2.05) is 13.8 Å². The lowest BCUT2D eigenvalue weighted by molar-refractivity contribution is -0.153. The number of carbonyl (C=O) groups is 2. The normalized spacial score (nSPS) is 11.9. The standard InChI is InChI=1S/C12H21BrO4/c1-3-5-6-11(14)17-10(9-13)8-12(15)16-7-4-2/h10H,3-9H2,1-2H3. The molecule has 0 aromatic rings. The van der Waals surface area contributed by atoms with Gasteiger partial charge in [-0.3, -0.25) is 9.59 Å². The van der Waals surface area contributed by atoms with Crippen molar-refractivity contribution in [3.8, 4) is 0 Å². The van der Waals surface area contributed by atoms with Crippen LogP contribution in [0.4, 0.5) is 0 Å². The largest absolute Gasteiger partial charge is 0.466 e. The SMILES string of the molecule is CCCCC(=O)OC(CBr)CC(=O)OCCC. The molecule has 0 saturated carbocycles. The lowest BCUT2D eigenvalue weighted by atomic mass is 10.2. The van der Waals surface area contributed by atoms with E-state index in [1.54, 1.807) is 0 Å². The molecule has 1 unspecified atom stereocenters. The maximum absolute atomic E-state index is 11.4. The van der Waals surface area contributed by atoms with E-state index in [1.165, 1.54) is 0 Å². The molecule has 0 rings (SSSR count). The van der Waals surface area contributed by atoms with Crippen molar-refractivity contribution < 1.29 is 19.1 Å². The second-order valence-corrected chi connectivity index (χ2v) is 4.44. The number of ether oxygens (including phenoxy) is 2. The minimum Gasteiger partial charge on any atom is -0.466 e. The number of rotatable bonds is 9. The van der Waals surface area contributed by atoms with Crippen molar-refractivity contribution in [2.24, 2.45) is 0 Å². The first-order valence-electron chi connectivity index (χ1n) is 6.05. The highest BCUT2D eigenvalue weighted by Crippen LogP contribution is 2.08. The molecule has 0 aromatic heterocycles. The molecule has 0 fully saturated rings. The maximum Gasteiger partial charge on any atom is 0.309 e. The van der Waals surface area contributed by atoms with Gasteiger partial charge in [-0.1, -0.05) is 36.2 Å². The quantitative estimate of drug-likeness (QED) is 0.485. The molecule has 0 aliphatic heterocycles. The third-order valence-electron chi connectivity index (χ3n) is 2.07. The molecule has 0 N–H and O–H groups in total. The van der Waals surface area contributed by atoms with Gasteiger partial charge in [-0.15, -0.1) is 0 Å². The zero-order chi connectivity index (χ0) is 13.1. The average Bonchev–Trinajstić information content (AvgIpc) is 2.32. The van der Waals surface area contributed by atoms with Gasteiger partial charge >= 0.3 is 11.9 Å². The first kappa shape index (κ1) is 16.4. The molecule has 0 aliphatic rings. The van der Waals surface area contributed by atoms with Crippen LogP contribution in [0.3, 0.4) is 0 Å². The first-order chi connectivity index (χ1) is 8.13. The predicted octanol–water partition coefficient (Wildman–Crippen LogP) is 2.83. The summed E-state index contributed by atoms with van der Waals surface area (Å²) in [7, 11) is 0. The molecule has 0 aromatic carbocycles. The van der Waals surface area contributed by atoms with Gasteiger partial charge in [-0.05, 0) is 12.8 Å². The van der Waals surface area contributed by atoms with E-state index in [4.69, 9.17) is 9.47 Å². The molecule has 0 amide bonds. The number of carbonyl (C=O) groups excluding carboxylic acids is 2. The van der Waals surface area contributed by atoms with Gasteiger partial charge in [-0.2, -0.15) is 0 Å². The van der Waals surface area contributed by atoms with Crippen molar-refractivity contribution in [1.82, 2.24) is 0 Å². The highest BCUT2D eigenvalue weighted by molar-refractivity contribution is 9.09. The Balaban J connectivity index is 3.89. The summed E-state index contributed by atoms with van der Waals surface area (Å²) < 4.78 is 10.1. The van der Waals surface area contributed by atoms with Crippen molar-refractivity contribution in [1.29, 1.82) is 0 Å². The van der Waals surface area contributed by atoms with Crippen molar-refractivity contribution >= 4 is 27.9 Å². The summed E-state index contributed by atoms with van der Waals surface area (Å²) in [6.07, 6.45) is 2.65. The molecule has 0 radical (unpaired) electrons. The molecular weight excluding hydrogens is 288 g/mol. The fraction of sp³-hybridized carbons (Fsp3) is 0.833. The van der Waals surface area contributed by atoms with Gasteiger partial charge in [0.1, 0.15) is 6.10 Å². The van der Waals surface area contributed by atoms with Gasteiger partial charge in [-0.25, -0.2) is 0 Å². The molecular formula is C12H21BrO4. The topological polar surface area (TPSA) is 52.6 Å². The Morgan fingerprint density at radius 3 is 2.41 bits per heavy atom. The lowest BCUT2D eigenvalue weighted by Crippen LogP contribution is -2.24. The van der Waals surface area contributed by atoms with E-state index in [0.29, 0.717) is 18.4 Å². The summed E-state index contributed by atoms with van der Waals surface area (Å²) >= 11 is 3.22.